The van der Waals surface area contributed by atoms with E-state index in [4.69, 9.17) is 0 Å². The molecule has 1 saturated carbocycles. The Hall–Kier alpha value is -2.28. The number of hydrogen-bond donors (Lipinski definition) is 1. The van der Waals surface area contributed by atoms with E-state index in [1.807, 2.05) is 0 Å². The smallest absolute Gasteiger partial charge is 0.222 e. The number of aromatic nitrogens is 4. The van der Waals surface area contributed by atoms with Gasteiger partial charge in [0, 0.05) is 37.5 Å². The van der Waals surface area contributed by atoms with Crippen LogP contribution in [0.4, 0.5) is 0 Å². The molecule has 1 aliphatic carbocycles. The second kappa shape index (κ2) is 9.03. The average molecular weight is 397 g/mol. The van der Waals surface area contributed by atoms with E-state index < -0.39 is 0 Å². The third kappa shape index (κ3) is 5.01. The van der Waals surface area contributed by atoms with Crippen molar-refractivity contribution in [1.29, 1.82) is 0 Å². The van der Waals surface area contributed by atoms with Gasteiger partial charge in [0.25, 0.3) is 0 Å². The maximum Gasteiger partial charge on any atom is 0.222 e. The summed E-state index contributed by atoms with van der Waals surface area (Å²) in [5, 5.41) is 14.2. The summed E-state index contributed by atoms with van der Waals surface area (Å²) < 4.78 is 1.59. The highest BCUT2D eigenvalue weighted by Gasteiger charge is 2.37. The third-order valence-corrected chi connectivity index (χ3v) is 6.66. The van der Waals surface area contributed by atoms with Crippen molar-refractivity contribution in [2.75, 3.05) is 19.6 Å². The second-order valence-electron chi connectivity index (χ2n) is 8.79. The molecule has 1 aromatic heterocycles. The van der Waals surface area contributed by atoms with Crippen LogP contribution in [0.15, 0.2) is 30.6 Å². The van der Waals surface area contributed by atoms with E-state index in [9.17, 15) is 4.79 Å². The van der Waals surface area contributed by atoms with E-state index in [2.05, 4.69) is 56.9 Å². The standard InChI is InChI=1S/C22H32N6O/c1-18-4-6-19(7-5-18)22(11-2-3-12-22)16-27-13-8-20(9-14-27)24-21(29)10-15-28-17-23-25-26-28/h4-7,17,20H,2-3,8-16H2,1H3,(H,24,29). The van der Waals surface area contributed by atoms with E-state index >= 15 is 0 Å². The number of nitrogens with zero attached hydrogens (tertiary/aromatic N) is 5. The lowest BCUT2D eigenvalue weighted by Gasteiger charge is -2.39. The fourth-order valence-corrected chi connectivity index (χ4v) is 4.96. The van der Waals surface area contributed by atoms with Gasteiger partial charge >= 0.3 is 0 Å². The number of aryl methyl sites for hydroxylation is 2. The minimum absolute atomic E-state index is 0.0888. The molecule has 0 unspecified atom stereocenters. The van der Waals surface area contributed by atoms with Crippen LogP contribution < -0.4 is 5.32 Å². The summed E-state index contributed by atoms with van der Waals surface area (Å²) >= 11 is 0. The quantitative estimate of drug-likeness (QED) is 0.778. The predicted octanol–water partition coefficient (Wildman–Crippen LogP) is 2.46. The molecule has 1 N–H and O–H groups in total. The van der Waals surface area contributed by atoms with Crippen LogP contribution >= 0.6 is 0 Å². The Kier molecular flexibility index (Phi) is 6.23. The van der Waals surface area contributed by atoms with Gasteiger partial charge in [0.05, 0.1) is 6.54 Å². The van der Waals surface area contributed by atoms with Crippen LogP contribution in [0.3, 0.4) is 0 Å². The Morgan fingerprint density at radius 3 is 2.55 bits per heavy atom. The fraction of sp³-hybridized carbons (Fsp3) is 0.636. The summed E-state index contributed by atoms with van der Waals surface area (Å²) in [6.07, 6.45) is 9.28. The van der Waals surface area contributed by atoms with Gasteiger partial charge in [-0.1, -0.05) is 42.7 Å². The van der Waals surface area contributed by atoms with Crippen molar-refractivity contribution in [3.63, 3.8) is 0 Å². The minimum Gasteiger partial charge on any atom is -0.353 e. The van der Waals surface area contributed by atoms with Gasteiger partial charge in [-0.2, -0.15) is 0 Å². The van der Waals surface area contributed by atoms with Crippen LogP contribution in [-0.2, 0) is 16.8 Å². The maximum atomic E-state index is 12.2. The number of carbonyl (C=O) groups excluding carboxylic acids is 1. The van der Waals surface area contributed by atoms with E-state index in [1.165, 1.54) is 36.8 Å². The van der Waals surface area contributed by atoms with Gasteiger partial charge in [0.15, 0.2) is 0 Å². The number of amides is 1. The summed E-state index contributed by atoms with van der Waals surface area (Å²) in [6, 6.07) is 9.49. The molecule has 1 aromatic carbocycles. The molecule has 1 amide bonds. The molecule has 156 valence electrons. The molecule has 29 heavy (non-hydrogen) atoms. The molecule has 2 aromatic rings. The fourth-order valence-electron chi connectivity index (χ4n) is 4.96. The Morgan fingerprint density at radius 1 is 1.17 bits per heavy atom. The minimum atomic E-state index is 0.0888. The van der Waals surface area contributed by atoms with Gasteiger partial charge in [-0.3, -0.25) is 4.79 Å². The molecule has 0 spiro atoms. The second-order valence-corrected chi connectivity index (χ2v) is 8.79. The monoisotopic (exact) mass is 396 g/mol. The Bertz CT molecular complexity index is 774. The molecule has 2 fully saturated rings. The maximum absolute atomic E-state index is 12.2. The van der Waals surface area contributed by atoms with Gasteiger partial charge in [-0.05, 0) is 48.6 Å². The van der Waals surface area contributed by atoms with E-state index in [1.54, 1.807) is 11.0 Å². The number of rotatable bonds is 7. The van der Waals surface area contributed by atoms with Crippen LogP contribution in [0.1, 0.15) is 56.1 Å². The zero-order chi connectivity index (χ0) is 20.1. The first-order valence-electron chi connectivity index (χ1n) is 10.9. The first-order valence-corrected chi connectivity index (χ1v) is 10.9. The van der Waals surface area contributed by atoms with Crippen LogP contribution in [0.25, 0.3) is 0 Å². The molecule has 7 nitrogen and oxygen atoms in total. The predicted molar refractivity (Wildman–Crippen MR) is 111 cm³/mol. The van der Waals surface area contributed by atoms with E-state index in [-0.39, 0.29) is 11.9 Å². The Morgan fingerprint density at radius 2 is 1.90 bits per heavy atom. The highest BCUT2D eigenvalue weighted by atomic mass is 16.1. The molecule has 0 radical (unpaired) electrons. The lowest BCUT2D eigenvalue weighted by atomic mass is 9.77. The van der Waals surface area contributed by atoms with Crippen molar-refractivity contribution in [3.8, 4) is 0 Å². The first-order chi connectivity index (χ1) is 14.1. The summed E-state index contributed by atoms with van der Waals surface area (Å²) in [7, 11) is 0. The number of likely N-dealkylation sites (tertiary alicyclic amines) is 1. The van der Waals surface area contributed by atoms with Gasteiger partial charge in [-0.15, -0.1) is 5.10 Å². The summed E-state index contributed by atoms with van der Waals surface area (Å²) in [5.41, 5.74) is 3.16. The lowest BCUT2D eigenvalue weighted by molar-refractivity contribution is -0.122. The number of tetrazole rings is 1. The molecular formula is C22H32N6O. The van der Waals surface area contributed by atoms with Gasteiger partial charge in [0.1, 0.15) is 6.33 Å². The Labute approximate surface area is 172 Å². The zero-order valence-electron chi connectivity index (χ0n) is 17.4. The van der Waals surface area contributed by atoms with E-state index in [0.29, 0.717) is 18.4 Å². The molecule has 2 aliphatic rings. The topological polar surface area (TPSA) is 75.9 Å². The number of nitrogens with one attached hydrogen (secondary N) is 1. The van der Waals surface area contributed by atoms with Crippen molar-refractivity contribution >= 4 is 5.91 Å². The molecule has 2 heterocycles. The summed E-state index contributed by atoms with van der Waals surface area (Å²) in [4.78, 5) is 14.8. The third-order valence-electron chi connectivity index (χ3n) is 6.66. The molecule has 0 atom stereocenters. The SMILES string of the molecule is Cc1ccc(C2(CN3CCC(NC(=O)CCn4cnnn4)CC3)CCCC2)cc1. The first kappa shape index (κ1) is 20.0. The van der Waals surface area contributed by atoms with Crippen molar-refractivity contribution in [1.82, 2.24) is 30.4 Å². The van der Waals surface area contributed by atoms with Crippen LogP contribution in [0, 0.1) is 6.92 Å². The summed E-state index contributed by atoms with van der Waals surface area (Å²) in [5.74, 6) is 0.0888. The van der Waals surface area contributed by atoms with Crippen molar-refractivity contribution < 1.29 is 4.79 Å². The number of hydrogen-bond acceptors (Lipinski definition) is 5. The zero-order valence-corrected chi connectivity index (χ0v) is 17.4. The van der Waals surface area contributed by atoms with Crippen molar-refractivity contribution in [3.05, 3.63) is 41.7 Å². The number of piperidine rings is 1. The highest BCUT2D eigenvalue weighted by Crippen LogP contribution is 2.42. The normalized spacial score (nSPS) is 20.0. The molecule has 7 heteroatoms. The van der Waals surface area contributed by atoms with Crippen LogP contribution in [0.2, 0.25) is 0 Å². The number of benzene rings is 1. The van der Waals surface area contributed by atoms with Crippen LogP contribution in [0.5, 0.6) is 0 Å². The largest absolute Gasteiger partial charge is 0.353 e. The van der Waals surface area contributed by atoms with Gasteiger partial charge in [0.2, 0.25) is 5.91 Å². The van der Waals surface area contributed by atoms with Gasteiger partial charge in [-0.25, -0.2) is 4.68 Å². The summed E-state index contributed by atoms with van der Waals surface area (Å²) in [6.45, 7) is 5.96. The Balaban J connectivity index is 1.26. The molecule has 1 aliphatic heterocycles. The van der Waals surface area contributed by atoms with E-state index in [0.717, 1.165) is 32.5 Å². The van der Waals surface area contributed by atoms with Gasteiger partial charge < -0.3 is 10.2 Å². The van der Waals surface area contributed by atoms with Crippen LogP contribution in [-0.4, -0.2) is 56.7 Å². The molecule has 4 rings (SSSR count). The number of carbonyl (C=O) groups is 1. The molecule has 0 bridgehead atoms. The molecule has 1 saturated heterocycles. The average Bonchev–Trinajstić information content (AvgIpc) is 3.41. The van der Waals surface area contributed by atoms with Crippen molar-refractivity contribution in [2.24, 2.45) is 0 Å². The van der Waals surface area contributed by atoms with Crippen molar-refractivity contribution in [2.45, 2.75) is 69.9 Å². The highest BCUT2D eigenvalue weighted by molar-refractivity contribution is 5.76. The molecular weight excluding hydrogens is 364 g/mol. The lowest BCUT2D eigenvalue weighted by Crippen LogP contribution is -2.48.